The Bertz CT molecular complexity index is 1940. The van der Waals surface area contributed by atoms with E-state index >= 15 is 0 Å². The molecule has 1 fully saturated rings. The van der Waals surface area contributed by atoms with Crippen molar-refractivity contribution in [1.29, 1.82) is 0 Å². The van der Waals surface area contributed by atoms with Gasteiger partial charge in [-0.2, -0.15) is 0 Å². The van der Waals surface area contributed by atoms with Crippen LogP contribution in [0.25, 0.3) is 10.9 Å². The van der Waals surface area contributed by atoms with Gasteiger partial charge in [0.15, 0.2) is 0 Å². The summed E-state index contributed by atoms with van der Waals surface area (Å²) in [5, 5.41) is 29.1. The average molecular weight is 779 g/mol. The van der Waals surface area contributed by atoms with Gasteiger partial charge in [-0.05, 0) is 59.9 Å². The number of rotatable bonds is 19. The normalized spacial score (nSPS) is 16.6. The number of nitrogens with zero attached hydrogens (tertiary/aromatic N) is 4. The van der Waals surface area contributed by atoms with Gasteiger partial charge in [0, 0.05) is 44.3 Å². The Kier molecular flexibility index (Phi) is 15.0. The van der Waals surface area contributed by atoms with Gasteiger partial charge < -0.3 is 30.6 Å². The minimum atomic E-state index is -1.21. The van der Waals surface area contributed by atoms with E-state index in [1.807, 2.05) is 119 Å². The topological polar surface area (TPSA) is 155 Å². The highest BCUT2D eigenvalue weighted by molar-refractivity contribution is 5.89. The van der Waals surface area contributed by atoms with Crippen LogP contribution >= 0.6 is 0 Å². The third-order valence-corrected chi connectivity index (χ3v) is 11.5. The molecule has 3 aromatic carbocycles. The highest BCUT2D eigenvalue weighted by Crippen LogP contribution is 2.26. The van der Waals surface area contributed by atoms with Crippen LogP contribution in [-0.2, 0) is 29.0 Å². The minimum absolute atomic E-state index is 0.0761. The van der Waals surface area contributed by atoms with E-state index in [1.165, 1.54) is 7.05 Å². The summed E-state index contributed by atoms with van der Waals surface area (Å²) in [6.07, 6.45) is 1.41. The minimum Gasteiger partial charge on any atom is -0.465 e. The number of carbonyl (C=O) groups excluding carboxylic acids is 3. The number of hydrogen-bond donors (Lipinski definition) is 4. The van der Waals surface area contributed by atoms with Crippen LogP contribution < -0.4 is 10.6 Å². The standard InChI is InChI=1S/C45H58N6O6/c1-6-30(3)40(49(5)45(56)57)42(53)47-35(26-32-16-10-8-11-17-32)28-39(52)38(27-33-18-12-9-13-19-33)48-43(54)41(31(4)7-2)51-25-24-50(44(51)55)29-34-22-23-46-37-21-15-14-20-36(34)37/h8-23,30-31,35,38-41,52H,6-7,24-29H2,1-5H3,(H,47,53)(H,48,54)(H,56,57)/t30?,31?,35-,38-,39-,40-,41-/m0/s1. The van der Waals surface area contributed by atoms with E-state index in [0.717, 1.165) is 32.5 Å². The first-order chi connectivity index (χ1) is 27.4. The molecular formula is C45H58N6O6. The van der Waals surface area contributed by atoms with Gasteiger partial charge in [0.1, 0.15) is 12.1 Å². The van der Waals surface area contributed by atoms with Gasteiger partial charge in [-0.15, -0.1) is 0 Å². The lowest BCUT2D eigenvalue weighted by Gasteiger charge is -2.35. The van der Waals surface area contributed by atoms with Crippen LogP contribution in [0.2, 0.25) is 0 Å². The van der Waals surface area contributed by atoms with Gasteiger partial charge in [0.2, 0.25) is 11.8 Å². The molecule has 0 saturated carbocycles. The Morgan fingerprint density at radius 1 is 0.807 bits per heavy atom. The van der Waals surface area contributed by atoms with Crippen molar-refractivity contribution in [1.82, 2.24) is 30.3 Å². The summed E-state index contributed by atoms with van der Waals surface area (Å²) >= 11 is 0. The number of fused-ring (bicyclic) bond motifs is 1. The number of carbonyl (C=O) groups is 4. The van der Waals surface area contributed by atoms with Gasteiger partial charge in [-0.1, -0.05) is 119 Å². The molecule has 1 aliphatic rings. The van der Waals surface area contributed by atoms with E-state index in [2.05, 4.69) is 15.6 Å². The number of hydrogen-bond acceptors (Lipinski definition) is 6. The summed E-state index contributed by atoms with van der Waals surface area (Å²) < 4.78 is 0. The molecule has 4 aromatic rings. The van der Waals surface area contributed by atoms with Crippen molar-refractivity contribution in [3.63, 3.8) is 0 Å². The largest absolute Gasteiger partial charge is 0.465 e. The first-order valence-corrected chi connectivity index (χ1v) is 20.1. The zero-order valence-corrected chi connectivity index (χ0v) is 33.8. The monoisotopic (exact) mass is 778 g/mol. The lowest BCUT2D eigenvalue weighted by atomic mass is 9.91. The van der Waals surface area contributed by atoms with E-state index in [0.29, 0.717) is 45.3 Å². The SMILES string of the molecule is CCC(C)[C@@H](C(=O)N[C@@H](Cc1ccccc1)C[C@H](O)[C@H](Cc1ccccc1)NC(=O)[C@H](C(C)CC)N1CCN(Cc2ccnc3ccccc23)C1=O)N(C)C(=O)O. The van der Waals surface area contributed by atoms with Crippen LogP contribution in [0.15, 0.2) is 97.2 Å². The molecule has 2 unspecified atom stereocenters. The molecule has 304 valence electrons. The molecule has 0 aliphatic carbocycles. The molecule has 0 spiro atoms. The van der Waals surface area contributed by atoms with Crippen LogP contribution in [0.5, 0.6) is 0 Å². The Labute approximate surface area is 336 Å². The molecule has 1 saturated heterocycles. The number of urea groups is 1. The molecule has 4 N–H and O–H groups in total. The molecule has 1 aromatic heterocycles. The van der Waals surface area contributed by atoms with Crippen molar-refractivity contribution in [3.05, 3.63) is 114 Å². The molecule has 7 atom stereocenters. The fraction of sp³-hybridized carbons (Fsp3) is 0.444. The Morgan fingerprint density at radius 3 is 2.05 bits per heavy atom. The van der Waals surface area contributed by atoms with Crippen molar-refractivity contribution >= 4 is 34.8 Å². The number of carboxylic acid groups (broad SMARTS) is 1. The van der Waals surface area contributed by atoms with Crippen molar-refractivity contribution in [2.75, 3.05) is 20.1 Å². The van der Waals surface area contributed by atoms with Crippen molar-refractivity contribution in [2.45, 2.75) is 96.6 Å². The zero-order chi connectivity index (χ0) is 41.1. The number of nitrogens with one attached hydrogen (secondary N) is 2. The predicted octanol–water partition coefficient (Wildman–Crippen LogP) is 6.12. The maximum Gasteiger partial charge on any atom is 0.407 e. The van der Waals surface area contributed by atoms with E-state index in [-0.39, 0.29) is 30.2 Å². The summed E-state index contributed by atoms with van der Waals surface area (Å²) in [6.45, 7) is 8.93. The van der Waals surface area contributed by atoms with Gasteiger partial charge in [-0.3, -0.25) is 19.5 Å². The molecule has 57 heavy (non-hydrogen) atoms. The molecule has 5 amide bonds. The number of likely N-dealkylation sites (N-methyl/N-ethyl adjacent to an activating group) is 1. The third-order valence-electron chi connectivity index (χ3n) is 11.5. The third kappa shape index (κ3) is 10.9. The summed E-state index contributed by atoms with van der Waals surface area (Å²) in [7, 11) is 1.39. The Balaban J connectivity index is 1.39. The first-order valence-electron chi connectivity index (χ1n) is 20.1. The Morgan fingerprint density at radius 2 is 1.42 bits per heavy atom. The van der Waals surface area contributed by atoms with Crippen molar-refractivity contribution in [2.24, 2.45) is 11.8 Å². The fourth-order valence-corrected chi connectivity index (χ4v) is 7.85. The second-order valence-corrected chi connectivity index (χ2v) is 15.4. The summed E-state index contributed by atoms with van der Waals surface area (Å²) in [5.74, 6) is -1.24. The average Bonchev–Trinajstić information content (AvgIpc) is 3.56. The molecular weight excluding hydrogens is 721 g/mol. The zero-order valence-electron chi connectivity index (χ0n) is 33.8. The van der Waals surface area contributed by atoms with E-state index in [4.69, 9.17) is 0 Å². The van der Waals surface area contributed by atoms with Crippen LogP contribution in [-0.4, -0.2) is 104 Å². The number of aliphatic hydroxyl groups excluding tert-OH is 1. The molecule has 0 bridgehead atoms. The van der Waals surface area contributed by atoms with Crippen LogP contribution in [0.3, 0.4) is 0 Å². The maximum atomic E-state index is 14.5. The second kappa shape index (κ2) is 20.1. The first kappa shape index (κ1) is 42.6. The lowest BCUT2D eigenvalue weighted by molar-refractivity contribution is -0.129. The fourth-order valence-electron chi connectivity index (χ4n) is 7.85. The van der Waals surface area contributed by atoms with Gasteiger partial charge >= 0.3 is 12.1 Å². The van der Waals surface area contributed by atoms with Crippen LogP contribution in [0.4, 0.5) is 9.59 Å². The highest BCUT2D eigenvalue weighted by atomic mass is 16.4. The maximum absolute atomic E-state index is 14.5. The summed E-state index contributed by atoms with van der Waals surface area (Å²) in [4.78, 5) is 63.4. The van der Waals surface area contributed by atoms with Crippen LogP contribution in [0.1, 0.15) is 63.6 Å². The molecule has 0 radical (unpaired) electrons. The smallest absolute Gasteiger partial charge is 0.407 e. The van der Waals surface area contributed by atoms with Gasteiger partial charge in [-0.25, -0.2) is 9.59 Å². The molecule has 12 heteroatoms. The molecule has 1 aliphatic heterocycles. The van der Waals surface area contributed by atoms with Crippen LogP contribution in [0, 0.1) is 11.8 Å². The summed E-state index contributed by atoms with van der Waals surface area (Å²) in [5.41, 5.74) is 3.66. The van der Waals surface area contributed by atoms with Gasteiger partial charge in [0.25, 0.3) is 0 Å². The number of benzene rings is 3. The Hall–Kier alpha value is -5.49. The van der Waals surface area contributed by atoms with Crippen molar-refractivity contribution < 1.29 is 29.4 Å². The van der Waals surface area contributed by atoms with E-state index < -0.39 is 42.3 Å². The number of aliphatic hydroxyl groups is 1. The molecule has 5 rings (SSSR count). The number of aromatic nitrogens is 1. The number of amides is 5. The summed E-state index contributed by atoms with van der Waals surface area (Å²) in [6, 6.07) is 25.6. The number of pyridine rings is 1. The second-order valence-electron chi connectivity index (χ2n) is 15.4. The predicted molar refractivity (Wildman–Crippen MR) is 221 cm³/mol. The van der Waals surface area contributed by atoms with Crippen molar-refractivity contribution in [3.8, 4) is 0 Å². The van der Waals surface area contributed by atoms with Gasteiger partial charge in [0.05, 0.1) is 17.7 Å². The number of para-hydroxylation sites is 1. The van der Waals surface area contributed by atoms with E-state index in [9.17, 15) is 29.4 Å². The van der Waals surface area contributed by atoms with E-state index in [1.54, 1.807) is 16.0 Å². The molecule has 2 heterocycles. The molecule has 12 nitrogen and oxygen atoms in total. The highest BCUT2D eigenvalue weighted by Gasteiger charge is 2.41. The quantitative estimate of drug-likeness (QED) is 0.0895. The lowest BCUT2D eigenvalue weighted by Crippen LogP contribution is -2.57.